The van der Waals surface area contributed by atoms with Gasteiger partial charge in [0, 0.05) is 26.2 Å². The second-order valence-corrected chi connectivity index (χ2v) is 7.56. The van der Waals surface area contributed by atoms with E-state index in [2.05, 4.69) is 15.2 Å². The second-order valence-electron chi connectivity index (χ2n) is 6.00. The van der Waals surface area contributed by atoms with Crippen molar-refractivity contribution in [2.24, 2.45) is 10.1 Å². The number of hydrogen-bond acceptors (Lipinski definition) is 4. The Balaban J connectivity index is 0.00000338. The van der Waals surface area contributed by atoms with Crippen LogP contribution in [0.15, 0.2) is 34.2 Å². The Kier molecular flexibility index (Phi) is 9.83. The van der Waals surface area contributed by atoms with E-state index in [1.54, 1.807) is 12.1 Å². The van der Waals surface area contributed by atoms with Gasteiger partial charge < -0.3 is 15.0 Å². The third-order valence-corrected chi connectivity index (χ3v) is 5.07. The van der Waals surface area contributed by atoms with Crippen LogP contribution in [0.3, 0.4) is 0 Å². The number of ether oxygens (including phenoxy) is 1. The molecule has 0 spiro atoms. The average molecular weight is 496 g/mol. The van der Waals surface area contributed by atoms with Gasteiger partial charge in [0.2, 0.25) is 10.0 Å². The van der Waals surface area contributed by atoms with Gasteiger partial charge in [0.05, 0.1) is 17.5 Å². The molecule has 26 heavy (non-hydrogen) atoms. The smallest absolute Gasteiger partial charge is 0.238 e. The molecule has 0 bridgehead atoms. The summed E-state index contributed by atoms with van der Waals surface area (Å²) in [5.41, 5.74) is 0.937. The summed E-state index contributed by atoms with van der Waals surface area (Å²) in [6, 6.07) is 6.52. The monoisotopic (exact) mass is 496 g/mol. The van der Waals surface area contributed by atoms with Crippen LogP contribution in [0.1, 0.15) is 32.3 Å². The number of hydrogen-bond donors (Lipinski definition) is 2. The molecule has 0 aliphatic carbocycles. The number of aliphatic imine (C=N–C) groups is 1. The van der Waals surface area contributed by atoms with Crippen LogP contribution in [-0.4, -0.2) is 51.6 Å². The Morgan fingerprint density at radius 2 is 1.88 bits per heavy atom. The van der Waals surface area contributed by atoms with Crippen LogP contribution in [0, 0.1) is 0 Å². The first-order chi connectivity index (χ1) is 11.9. The molecule has 7 nitrogen and oxygen atoms in total. The zero-order chi connectivity index (χ0) is 18.3. The lowest BCUT2D eigenvalue weighted by Gasteiger charge is -2.34. The molecule has 1 aliphatic rings. The van der Waals surface area contributed by atoms with Crippen LogP contribution in [0.25, 0.3) is 0 Å². The maximum atomic E-state index is 11.3. The molecule has 3 N–H and O–H groups in total. The van der Waals surface area contributed by atoms with Gasteiger partial charge in [0.25, 0.3) is 0 Å². The van der Waals surface area contributed by atoms with Crippen molar-refractivity contribution in [1.29, 1.82) is 0 Å². The van der Waals surface area contributed by atoms with E-state index >= 15 is 0 Å². The molecule has 2 rings (SSSR count). The molecule has 148 valence electrons. The number of likely N-dealkylation sites (tertiary alicyclic amines) is 1. The maximum Gasteiger partial charge on any atom is 0.238 e. The highest BCUT2D eigenvalue weighted by molar-refractivity contribution is 14.0. The Morgan fingerprint density at radius 1 is 1.27 bits per heavy atom. The van der Waals surface area contributed by atoms with Gasteiger partial charge >= 0.3 is 0 Å². The Morgan fingerprint density at radius 3 is 2.38 bits per heavy atom. The number of nitrogens with two attached hydrogens (primary N) is 1. The highest BCUT2D eigenvalue weighted by Gasteiger charge is 2.21. The van der Waals surface area contributed by atoms with Gasteiger partial charge in [-0.25, -0.2) is 18.5 Å². The summed E-state index contributed by atoms with van der Waals surface area (Å²) in [6.07, 6.45) is 2.35. The fourth-order valence-corrected chi connectivity index (χ4v) is 3.36. The highest BCUT2D eigenvalue weighted by Crippen LogP contribution is 2.14. The lowest BCUT2D eigenvalue weighted by molar-refractivity contribution is 0.0263. The average Bonchev–Trinajstić information content (AvgIpc) is 2.59. The van der Waals surface area contributed by atoms with Crippen LogP contribution in [0.2, 0.25) is 0 Å². The molecule has 0 aromatic heterocycles. The summed E-state index contributed by atoms with van der Waals surface area (Å²) < 4.78 is 28.3. The molecule has 1 saturated heterocycles. The van der Waals surface area contributed by atoms with E-state index in [4.69, 9.17) is 9.88 Å². The molecule has 0 saturated carbocycles. The summed E-state index contributed by atoms with van der Waals surface area (Å²) >= 11 is 0. The van der Waals surface area contributed by atoms with E-state index in [-0.39, 0.29) is 28.9 Å². The number of primary sulfonamides is 1. The highest BCUT2D eigenvalue weighted by atomic mass is 127. The van der Waals surface area contributed by atoms with Crippen LogP contribution in [0.4, 0.5) is 0 Å². The molecule has 1 aliphatic heterocycles. The largest absolute Gasteiger partial charge is 0.378 e. The number of guanidine groups is 1. The summed E-state index contributed by atoms with van der Waals surface area (Å²) in [5.74, 6) is 0.882. The molecule has 0 amide bonds. The molecule has 1 aromatic carbocycles. The van der Waals surface area contributed by atoms with Crippen LogP contribution in [0.5, 0.6) is 0 Å². The summed E-state index contributed by atoms with van der Waals surface area (Å²) in [5, 5.41) is 8.44. The van der Waals surface area contributed by atoms with Crippen molar-refractivity contribution >= 4 is 40.0 Å². The first-order valence-corrected chi connectivity index (χ1v) is 10.2. The normalized spacial score (nSPS) is 16.3. The minimum Gasteiger partial charge on any atom is -0.378 e. The summed E-state index contributed by atoms with van der Waals surface area (Å²) in [6.45, 7) is 7.95. The topological polar surface area (TPSA) is 97.0 Å². The predicted octanol–water partition coefficient (Wildman–Crippen LogP) is 1.92. The Hall–Kier alpha value is -0.910. The van der Waals surface area contributed by atoms with Crippen molar-refractivity contribution in [3.63, 3.8) is 0 Å². The van der Waals surface area contributed by atoms with Crippen molar-refractivity contribution in [3.8, 4) is 0 Å². The van der Waals surface area contributed by atoms with Crippen molar-refractivity contribution in [2.75, 3.05) is 26.2 Å². The zero-order valence-corrected chi connectivity index (χ0v) is 18.5. The molecule has 1 fully saturated rings. The van der Waals surface area contributed by atoms with E-state index in [0.717, 1.165) is 50.6 Å². The number of nitrogens with zero attached hydrogens (tertiary/aromatic N) is 2. The Bertz CT molecular complexity index is 672. The minimum atomic E-state index is -3.65. The van der Waals surface area contributed by atoms with E-state index in [0.29, 0.717) is 12.6 Å². The number of benzene rings is 1. The van der Waals surface area contributed by atoms with Gasteiger partial charge in [-0.1, -0.05) is 12.1 Å². The van der Waals surface area contributed by atoms with Gasteiger partial charge in [-0.15, -0.1) is 24.0 Å². The van der Waals surface area contributed by atoms with Gasteiger partial charge in [0.15, 0.2) is 5.96 Å². The van der Waals surface area contributed by atoms with E-state index < -0.39 is 10.0 Å². The molecular weight excluding hydrogens is 467 g/mol. The van der Waals surface area contributed by atoms with E-state index in [1.165, 1.54) is 12.1 Å². The quantitative estimate of drug-likeness (QED) is 0.357. The van der Waals surface area contributed by atoms with Crippen molar-refractivity contribution in [2.45, 2.75) is 44.2 Å². The van der Waals surface area contributed by atoms with Crippen LogP contribution in [-0.2, 0) is 21.3 Å². The number of piperidine rings is 1. The third-order valence-electron chi connectivity index (χ3n) is 4.14. The number of rotatable bonds is 6. The standard InChI is InChI=1S/C17H28N4O3S.HI/c1-3-19-17(21-11-9-15(10-12-21)24-4-2)20-13-14-5-7-16(8-6-14)25(18,22)23;/h5-8,15H,3-4,9-13H2,1-2H3,(H,19,20)(H2,18,22,23);1H. The van der Waals surface area contributed by atoms with Gasteiger partial charge in [-0.2, -0.15) is 0 Å². The van der Waals surface area contributed by atoms with Gasteiger partial charge in [-0.05, 0) is 44.4 Å². The SMILES string of the molecule is CCNC(=NCc1ccc(S(N)(=O)=O)cc1)N1CCC(OCC)CC1.I. The van der Waals surface area contributed by atoms with Crippen molar-refractivity contribution in [1.82, 2.24) is 10.2 Å². The van der Waals surface area contributed by atoms with E-state index in [9.17, 15) is 8.42 Å². The second kappa shape index (κ2) is 11.1. The molecular formula is C17H29IN4O3S. The fraction of sp³-hybridized carbons (Fsp3) is 0.588. The van der Waals surface area contributed by atoms with Crippen LogP contribution >= 0.6 is 24.0 Å². The number of halogens is 1. The minimum absolute atomic E-state index is 0. The maximum absolute atomic E-state index is 11.3. The van der Waals surface area contributed by atoms with Crippen molar-refractivity contribution < 1.29 is 13.2 Å². The molecule has 9 heteroatoms. The molecule has 1 aromatic rings. The summed E-state index contributed by atoms with van der Waals surface area (Å²) in [4.78, 5) is 7.04. The van der Waals surface area contributed by atoms with Gasteiger partial charge in [-0.3, -0.25) is 0 Å². The van der Waals surface area contributed by atoms with Gasteiger partial charge in [0.1, 0.15) is 0 Å². The zero-order valence-electron chi connectivity index (χ0n) is 15.3. The fourth-order valence-electron chi connectivity index (χ4n) is 2.85. The van der Waals surface area contributed by atoms with Crippen molar-refractivity contribution in [3.05, 3.63) is 29.8 Å². The Labute approximate surface area is 173 Å². The number of sulfonamides is 1. The molecule has 1 heterocycles. The lowest BCUT2D eigenvalue weighted by atomic mass is 10.1. The molecule has 0 unspecified atom stereocenters. The first kappa shape index (κ1) is 23.1. The summed E-state index contributed by atoms with van der Waals surface area (Å²) in [7, 11) is -3.65. The van der Waals surface area contributed by atoms with E-state index in [1.807, 2.05) is 13.8 Å². The predicted molar refractivity (Wildman–Crippen MR) is 114 cm³/mol. The number of nitrogens with one attached hydrogen (secondary N) is 1. The van der Waals surface area contributed by atoms with Crippen LogP contribution < -0.4 is 10.5 Å². The first-order valence-electron chi connectivity index (χ1n) is 8.70. The third kappa shape index (κ3) is 7.01. The molecule has 0 atom stereocenters. The lowest BCUT2D eigenvalue weighted by Crippen LogP contribution is -2.47. The molecule has 0 radical (unpaired) electrons.